The first-order chi connectivity index (χ1) is 14.3. The van der Waals surface area contributed by atoms with Crippen molar-refractivity contribution < 1.29 is 9.47 Å². The van der Waals surface area contributed by atoms with Crippen LogP contribution in [0.4, 0.5) is 0 Å². The molecule has 0 aromatic heterocycles. The van der Waals surface area contributed by atoms with E-state index in [1.807, 2.05) is 18.2 Å². The lowest BCUT2D eigenvalue weighted by atomic mass is 10.1. The van der Waals surface area contributed by atoms with E-state index in [-0.39, 0.29) is 0 Å². The molecule has 5 nitrogen and oxygen atoms in total. The maximum atomic E-state index is 5.82. The molecule has 1 fully saturated rings. The molecule has 0 spiro atoms. The van der Waals surface area contributed by atoms with Crippen molar-refractivity contribution in [3.05, 3.63) is 71.3 Å². The molecular weight excluding hydrogens is 362 g/mol. The summed E-state index contributed by atoms with van der Waals surface area (Å²) in [5.41, 5.74) is 3.59. The summed E-state index contributed by atoms with van der Waals surface area (Å²) in [6, 6.07) is 18.8. The number of methoxy groups -OCH3 is 1. The second kappa shape index (κ2) is 11.6. The van der Waals surface area contributed by atoms with Gasteiger partial charge in [-0.2, -0.15) is 0 Å². The fraction of sp³-hybridized carbons (Fsp3) is 0.458. The molecule has 156 valence electrons. The normalized spacial score (nSPS) is 17.0. The van der Waals surface area contributed by atoms with Crippen LogP contribution in [0.2, 0.25) is 0 Å². The minimum Gasteiger partial charge on any atom is -0.384 e. The number of aliphatic imine (C=N–C) groups is 1. The molecule has 0 saturated carbocycles. The van der Waals surface area contributed by atoms with Crippen molar-refractivity contribution in [2.75, 3.05) is 33.4 Å². The number of benzene rings is 2. The van der Waals surface area contributed by atoms with Crippen molar-refractivity contribution >= 4 is 5.96 Å². The van der Waals surface area contributed by atoms with Crippen LogP contribution in [0.1, 0.15) is 30.0 Å². The Kier molecular flexibility index (Phi) is 8.53. The molecule has 1 aliphatic rings. The summed E-state index contributed by atoms with van der Waals surface area (Å²) in [5.74, 6) is 1.60. The van der Waals surface area contributed by atoms with Gasteiger partial charge in [-0.3, -0.25) is 0 Å². The summed E-state index contributed by atoms with van der Waals surface area (Å²) < 4.78 is 11.1. The molecule has 5 heteroatoms. The van der Waals surface area contributed by atoms with Crippen LogP contribution in [0.25, 0.3) is 0 Å². The zero-order valence-corrected chi connectivity index (χ0v) is 17.6. The van der Waals surface area contributed by atoms with E-state index in [1.54, 1.807) is 7.11 Å². The van der Waals surface area contributed by atoms with E-state index in [4.69, 9.17) is 14.5 Å². The number of likely N-dealkylation sites (tertiary alicyclic amines) is 1. The van der Waals surface area contributed by atoms with Crippen molar-refractivity contribution in [1.82, 2.24) is 10.2 Å². The fourth-order valence-electron chi connectivity index (χ4n) is 3.59. The molecule has 0 bridgehead atoms. The first-order valence-electron chi connectivity index (χ1n) is 10.5. The summed E-state index contributed by atoms with van der Waals surface area (Å²) in [6.45, 7) is 7.80. The van der Waals surface area contributed by atoms with Gasteiger partial charge in [-0.1, -0.05) is 54.6 Å². The molecule has 2 aromatic rings. The summed E-state index contributed by atoms with van der Waals surface area (Å²) in [4.78, 5) is 7.20. The van der Waals surface area contributed by atoms with E-state index >= 15 is 0 Å². The second-order valence-corrected chi connectivity index (χ2v) is 7.52. The number of rotatable bonds is 9. The van der Waals surface area contributed by atoms with E-state index in [9.17, 15) is 0 Å². The van der Waals surface area contributed by atoms with Crippen LogP contribution >= 0.6 is 0 Å². The van der Waals surface area contributed by atoms with Crippen LogP contribution in [0.3, 0.4) is 0 Å². The number of ether oxygens (including phenoxy) is 2. The molecule has 1 saturated heterocycles. The van der Waals surface area contributed by atoms with Gasteiger partial charge in [0.1, 0.15) is 0 Å². The highest BCUT2D eigenvalue weighted by Gasteiger charge is 2.24. The Morgan fingerprint density at radius 2 is 1.72 bits per heavy atom. The smallest absolute Gasteiger partial charge is 0.194 e. The largest absolute Gasteiger partial charge is 0.384 e. The molecular formula is C24H33N3O2. The Balaban J connectivity index is 1.49. The van der Waals surface area contributed by atoms with Crippen LogP contribution in [-0.4, -0.2) is 44.2 Å². The molecule has 29 heavy (non-hydrogen) atoms. The molecule has 1 heterocycles. The second-order valence-electron chi connectivity index (χ2n) is 7.52. The topological polar surface area (TPSA) is 46.1 Å². The number of nitrogens with one attached hydrogen (secondary N) is 1. The average molecular weight is 396 g/mol. The minimum absolute atomic E-state index is 0.596. The Bertz CT molecular complexity index is 746. The predicted octanol–water partition coefficient (Wildman–Crippen LogP) is 3.84. The van der Waals surface area contributed by atoms with E-state index in [0.29, 0.717) is 25.7 Å². The summed E-state index contributed by atoms with van der Waals surface area (Å²) >= 11 is 0. The van der Waals surface area contributed by atoms with Gasteiger partial charge >= 0.3 is 0 Å². The predicted molar refractivity (Wildman–Crippen MR) is 118 cm³/mol. The van der Waals surface area contributed by atoms with Crippen LogP contribution in [-0.2, 0) is 29.2 Å². The lowest BCUT2D eigenvalue weighted by Gasteiger charge is -2.21. The van der Waals surface area contributed by atoms with Gasteiger partial charge in [0, 0.05) is 32.7 Å². The Labute approximate surface area is 174 Å². The van der Waals surface area contributed by atoms with Gasteiger partial charge in [0.2, 0.25) is 0 Å². The standard InChI is InChI=1S/C24H33N3O2/c1-3-25-24(27-14-13-23(16-27)17-28-2)26-15-20-9-11-22(12-10-20)19-29-18-21-7-5-4-6-8-21/h4-12,23H,3,13-19H2,1-2H3,(H,25,26). The number of guanidine groups is 1. The summed E-state index contributed by atoms with van der Waals surface area (Å²) in [6.07, 6.45) is 1.16. The molecule has 1 N–H and O–H groups in total. The molecule has 0 aliphatic carbocycles. The first kappa shape index (κ1) is 21.3. The zero-order chi connectivity index (χ0) is 20.3. The van der Waals surface area contributed by atoms with Crippen molar-refractivity contribution in [2.24, 2.45) is 10.9 Å². The third-order valence-corrected chi connectivity index (χ3v) is 5.14. The molecule has 1 atom stereocenters. The molecule has 3 rings (SSSR count). The molecule has 2 aromatic carbocycles. The van der Waals surface area contributed by atoms with Crippen molar-refractivity contribution in [3.8, 4) is 0 Å². The molecule has 0 radical (unpaired) electrons. The van der Waals surface area contributed by atoms with Crippen LogP contribution in [0, 0.1) is 5.92 Å². The number of nitrogens with zero attached hydrogens (tertiary/aromatic N) is 2. The van der Waals surface area contributed by atoms with E-state index < -0.39 is 0 Å². The lowest BCUT2D eigenvalue weighted by molar-refractivity contribution is 0.107. The van der Waals surface area contributed by atoms with E-state index in [0.717, 1.165) is 38.6 Å². The third-order valence-electron chi connectivity index (χ3n) is 5.14. The highest BCUT2D eigenvalue weighted by atomic mass is 16.5. The first-order valence-corrected chi connectivity index (χ1v) is 10.5. The Morgan fingerprint density at radius 1 is 1.03 bits per heavy atom. The van der Waals surface area contributed by atoms with Crippen molar-refractivity contribution in [2.45, 2.75) is 33.1 Å². The van der Waals surface area contributed by atoms with Crippen LogP contribution < -0.4 is 5.32 Å². The summed E-state index contributed by atoms with van der Waals surface area (Å²) in [5, 5.41) is 3.43. The van der Waals surface area contributed by atoms with E-state index in [1.165, 1.54) is 16.7 Å². The monoisotopic (exact) mass is 395 g/mol. The van der Waals surface area contributed by atoms with E-state index in [2.05, 4.69) is 53.5 Å². The lowest BCUT2D eigenvalue weighted by Crippen LogP contribution is -2.40. The maximum Gasteiger partial charge on any atom is 0.194 e. The number of hydrogen-bond acceptors (Lipinski definition) is 3. The van der Waals surface area contributed by atoms with Crippen molar-refractivity contribution in [1.29, 1.82) is 0 Å². The van der Waals surface area contributed by atoms with Gasteiger partial charge in [0.15, 0.2) is 5.96 Å². The van der Waals surface area contributed by atoms with Gasteiger partial charge in [-0.25, -0.2) is 4.99 Å². The Hall–Kier alpha value is -2.37. The highest BCUT2D eigenvalue weighted by Crippen LogP contribution is 2.17. The van der Waals surface area contributed by atoms with Gasteiger partial charge in [0.05, 0.1) is 26.4 Å². The Morgan fingerprint density at radius 3 is 2.41 bits per heavy atom. The molecule has 1 aliphatic heterocycles. The molecule has 1 unspecified atom stereocenters. The average Bonchev–Trinajstić information content (AvgIpc) is 3.22. The highest BCUT2D eigenvalue weighted by molar-refractivity contribution is 5.80. The van der Waals surface area contributed by atoms with Gasteiger partial charge < -0.3 is 19.7 Å². The van der Waals surface area contributed by atoms with Crippen LogP contribution in [0.15, 0.2) is 59.6 Å². The minimum atomic E-state index is 0.596. The fourth-order valence-corrected chi connectivity index (χ4v) is 3.59. The molecule has 0 amide bonds. The quantitative estimate of drug-likeness (QED) is 0.518. The zero-order valence-electron chi connectivity index (χ0n) is 17.6. The SMILES string of the molecule is CCNC(=NCc1ccc(COCc2ccccc2)cc1)N1CCC(COC)C1. The van der Waals surface area contributed by atoms with Gasteiger partial charge in [-0.15, -0.1) is 0 Å². The van der Waals surface area contributed by atoms with Crippen molar-refractivity contribution in [3.63, 3.8) is 0 Å². The third kappa shape index (κ3) is 6.87. The maximum absolute atomic E-state index is 5.82. The number of hydrogen-bond donors (Lipinski definition) is 1. The van der Waals surface area contributed by atoms with Crippen LogP contribution in [0.5, 0.6) is 0 Å². The summed E-state index contributed by atoms with van der Waals surface area (Å²) in [7, 11) is 1.78. The van der Waals surface area contributed by atoms with Gasteiger partial charge in [-0.05, 0) is 30.0 Å². The van der Waals surface area contributed by atoms with Gasteiger partial charge in [0.25, 0.3) is 0 Å².